The second kappa shape index (κ2) is 9.27. The van der Waals surface area contributed by atoms with E-state index in [1.165, 1.54) is 11.2 Å². The molecule has 0 saturated carbocycles. The van der Waals surface area contributed by atoms with Crippen molar-refractivity contribution in [2.45, 2.75) is 25.9 Å². The molecule has 4 aromatic rings. The molecule has 8 nitrogen and oxygen atoms in total. The summed E-state index contributed by atoms with van der Waals surface area (Å²) in [4.78, 5) is 43.5. The lowest BCUT2D eigenvalue weighted by molar-refractivity contribution is -0.121. The van der Waals surface area contributed by atoms with E-state index in [1.54, 1.807) is 23.1 Å². The van der Waals surface area contributed by atoms with Gasteiger partial charge in [-0.3, -0.25) is 19.3 Å². The third kappa shape index (κ3) is 4.30. The first-order valence-electron chi connectivity index (χ1n) is 11.1. The number of carbonyl (C=O) groups excluding carboxylic acids is 3. The normalized spacial score (nSPS) is 12.9. The van der Waals surface area contributed by atoms with Crippen LogP contribution in [0.3, 0.4) is 0 Å². The Balaban J connectivity index is 1.15. The van der Waals surface area contributed by atoms with Crippen LogP contribution < -0.4 is 5.32 Å². The molecule has 170 valence electrons. The van der Waals surface area contributed by atoms with Gasteiger partial charge < -0.3 is 5.32 Å². The average molecular weight is 454 g/mol. The number of hydrogen-bond donors (Lipinski definition) is 1. The third-order valence-electron chi connectivity index (χ3n) is 5.93. The van der Waals surface area contributed by atoms with Crippen LogP contribution in [-0.2, 0) is 17.9 Å². The van der Waals surface area contributed by atoms with Crippen LogP contribution in [-0.4, -0.2) is 43.9 Å². The molecule has 1 N–H and O–H groups in total. The highest BCUT2D eigenvalue weighted by atomic mass is 16.2. The number of benzene rings is 3. The molecule has 5 rings (SSSR count). The Morgan fingerprint density at radius 3 is 2.32 bits per heavy atom. The maximum absolute atomic E-state index is 12.9. The molecule has 0 unspecified atom stereocenters. The second-order valence-electron chi connectivity index (χ2n) is 8.26. The fourth-order valence-electron chi connectivity index (χ4n) is 4.31. The molecule has 1 aromatic heterocycles. The highest BCUT2D eigenvalue weighted by molar-refractivity contribution is 6.25. The second-order valence-corrected chi connectivity index (χ2v) is 8.26. The van der Waals surface area contributed by atoms with E-state index in [9.17, 15) is 14.4 Å². The lowest BCUT2D eigenvalue weighted by Crippen LogP contribution is -2.41. The first kappa shape index (κ1) is 21.5. The predicted octanol–water partition coefficient (Wildman–Crippen LogP) is 3.17. The Bertz CT molecular complexity index is 1330. The average Bonchev–Trinajstić information content (AvgIpc) is 3.36. The van der Waals surface area contributed by atoms with Crippen LogP contribution >= 0.6 is 0 Å². The Hall–Kier alpha value is -4.33. The molecule has 0 atom stereocenters. The van der Waals surface area contributed by atoms with Crippen LogP contribution in [0.2, 0.25) is 0 Å². The van der Waals surface area contributed by atoms with Gasteiger partial charge in [-0.1, -0.05) is 48.5 Å². The number of aromatic nitrogens is 3. The van der Waals surface area contributed by atoms with E-state index in [1.807, 2.05) is 48.5 Å². The van der Waals surface area contributed by atoms with Crippen molar-refractivity contribution in [3.63, 3.8) is 0 Å². The largest absolute Gasteiger partial charge is 0.352 e. The number of hydrogen-bond acceptors (Lipinski definition) is 5. The van der Waals surface area contributed by atoms with E-state index in [2.05, 4.69) is 15.4 Å². The highest BCUT2D eigenvalue weighted by Gasteiger charge is 2.32. The molecular weight excluding hydrogens is 430 g/mol. The first-order valence-corrected chi connectivity index (χ1v) is 11.1. The number of rotatable bonds is 8. The summed E-state index contributed by atoms with van der Waals surface area (Å²) in [6.07, 6.45) is 3.77. The lowest BCUT2D eigenvalue weighted by atomic mass is 9.94. The molecule has 8 heteroatoms. The summed E-state index contributed by atoms with van der Waals surface area (Å²) >= 11 is 0. The summed E-state index contributed by atoms with van der Waals surface area (Å²) in [6, 6.07) is 18.8. The smallest absolute Gasteiger partial charge is 0.261 e. The van der Waals surface area contributed by atoms with Crippen LogP contribution in [0.5, 0.6) is 0 Å². The van der Waals surface area contributed by atoms with Gasteiger partial charge in [0.25, 0.3) is 11.8 Å². The molecule has 3 amide bonds. The Kier molecular flexibility index (Phi) is 5.86. The van der Waals surface area contributed by atoms with Crippen LogP contribution in [0.25, 0.3) is 10.8 Å². The van der Waals surface area contributed by atoms with Crippen LogP contribution in [0, 0.1) is 0 Å². The van der Waals surface area contributed by atoms with Gasteiger partial charge in [0.05, 0.1) is 6.54 Å². The number of nitrogens with one attached hydrogen (secondary N) is 1. The number of nitrogens with zero attached hydrogens (tertiary/aromatic N) is 4. The van der Waals surface area contributed by atoms with Crippen molar-refractivity contribution in [1.82, 2.24) is 25.0 Å². The van der Waals surface area contributed by atoms with E-state index in [0.29, 0.717) is 36.0 Å². The molecule has 0 fully saturated rings. The summed E-state index contributed by atoms with van der Waals surface area (Å²) in [5, 5.41) is 8.60. The van der Waals surface area contributed by atoms with Crippen LogP contribution in [0.15, 0.2) is 73.3 Å². The van der Waals surface area contributed by atoms with Gasteiger partial charge >= 0.3 is 0 Å². The van der Waals surface area contributed by atoms with Gasteiger partial charge in [0.15, 0.2) is 0 Å². The summed E-state index contributed by atoms with van der Waals surface area (Å²) in [5.41, 5.74) is 3.11. The van der Waals surface area contributed by atoms with Crippen molar-refractivity contribution >= 4 is 28.5 Å². The van der Waals surface area contributed by atoms with Crippen molar-refractivity contribution in [1.29, 1.82) is 0 Å². The fourth-order valence-corrected chi connectivity index (χ4v) is 4.31. The van der Waals surface area contributed by atoms with Crippen LogP contribution in [0.1, 0.15) is 44.7 Å². The van der Waals surface area contributed by atoms with Crippen LogP contribution in [0.4, 0.5) is 0 Å². The number of amides is 3. The molecule has 0 radical (unpaired) electrons. The molecule has 2 heterocycles. The molecule has 0 aliphatic carbocycles. The molecule has 34 heavy (non-hydrogen) atoms. The zero-order chi connectivity index (χ0) is 23.5. The summed E-state index contributed by atoms with van der Waals surface area (Å²) < 4.78 is 1.74. The van der Waals surface area contributed by atoms with E-state index < -0.39 is 0 Å². The van der Waals surface area contributed by atoms with Gasteiger partial charge in [-0.05, 0) is 35.1 Å². The van der Waals surface area contributed by atoms with Gasteiger partial charge in [0.2, 0.25) is 5.91 Å². The fraction of sp³-hybridized carbons (Fsp3) is 0.192. The molecule has 0 saturated heterocycles. The quantitative estimate of drug-likeness (QED) is 0.413. The van der Waals surface area contributed by atoms with Crippen molar-refractivity contribution < 1.29 is 14.4 Å². The zero-order valence-electron chi connectivity index (χ0n) is 18.5. The molecule has 3 aromatic carbocycles. The maximum atomic E-state index is 12.9. The lowest BCUT2D eigenvalue weighted by Gasteiger charge is -2.27. The van der Waals surface area contributed by atoms with Gasteiger partial charge in [-0.2, -0.15) is 5.10 Å². The number of carbonyl (C=O) groups is 3. The minimum Gasteiger partial charge on any atom is -0.352 e. The molecule has 1 aliphatic heterocycles. The Morgan fingerprint density at radius 2 is 1.62 bits per heavy atom. The Morgan fingerprint density at radius 1 is 0.912 bits per heavy atom. The maximum Gasteiger partial charge on any atom is 0.261 e. The summed E-state index contributed by atoms with van der Waals surface area (Å²) in [5.74, 6) is -0.737. The standard InChI is InChI=1S/C26H23N5O3/c32-23(28-14-18-5-1-6-19(13-18)15-30-17-27-16-29-30)11-4-12-31-25(33)21-9-2-7-20-8-3-10-22(24(20)21)26(31)34/h1-3,5-10,13,16-17H,4,11-12,14-15H2,(H,28,32). The van der Waals surface area contributed by atoms with Gasteiger partial charge in [0.1, 0.15) is 12.7 Å². The SMILES string of the molecule is O=C(CCCN1C(=O)c2cccc3cccc(c23)C1=O)NCc1cccc(Cn2cncn2)c1. The molecule has 1 aliphatic rings. The minimum atomic E-state index is -0.307. The third-order valence-corrected chi connectivity index (χ3v) is 5.93. The van der Waals surface area contributed by atoms with Gasteiger partial charge in [-0.25, -0.2) is 9.67 Å². The number of imide groups is 1. The monoisotopic (exact) mass is 453 g/mol. The van der Waals surface area contributed by atoms with E-state index in [4.69, 9.17) is 0 Å². The first-order chi connectivity index (χ1) is 16.6. The molecule has 0 bridgehead atoms. The topological polar surface area (TPSA) is 97.2 Å². The van der Waals surface area contributed by atoms with Gasteiger partial charge in [0, 0.05) is 36.0 Å². The van der Waals surface area contributed by atoms with E-state index >= 15 is 0 Å². The van der Waals surface area contributed by atoms with Gasteiger partial charge in [-0.15, -0.1) is 0 Å². The summed E-state index contributed by atoms with van der Waals surface area (Å²) in [6.45, 7) is 1.21. The predicted molar refractivity (Wildman–Crippen MR) is 126 cm³/mol. The molecular formula is C26H23N5O3. The van der Waals surface area contributed by atoms with Crippen molar-refractivity contribution in [3.05, 3.63) is 95.6 Å². The highest BCUT2D eigenvalue weighted by Crippen LogP contribution is 2.30. The van der Waals surface area contributed by atoms with E-state index in [-0.39, 0.29) is 30.7 Å². The minimum absolute atomic E-state index is 0.124. The molecule has 0 spiro atoms. The summed E-state index contributed by atoms with van der Waals surface area (Å²) in [7, 11) is 0. The Labute approximate surface area is 196 Å². The van der Waals surface area contributed by atoms with Crippen molar-refractivity contribution in [2.24, 2.45) is 0 Å². The van der Waals surface area contributed by atoms with E-state index in [0.717, 1.165) is 16.5 Å². The van der Waals surface area contributed by atoms with Crippen molar-refractivity contribution in [3.8, 4) is 0 Å². The van der Waals surface area contributed by atoms with Crippen molar-refractivity contribution in [2.75, 3.05) is 6.54 Å². The zero-order valence-corrected chi connectivity index (χ0v) is 18.5.